The molecule has 4 heteroatoms. The van der Waals surface area contributed by atoms with Gasteiger partial charge in [0.2, 0.25) is 5.91 Å². The zero-order chi connectivity index (χ0) is 14.5. The van der Waals surface area contributed by atoms with E-state index in [-0.39, 0.29) is 11.7 Å². The highest BCUT2D eigenvalue weighted by molar-refractivity contribution is 5.92. The number of carbonyl (C=O) groups excluding carboxylic acids is 1. The minimum absolute atomic E-state index is 0.0857. The maximum absolute atomic E-state index is 13.0. The van der Waals surface area contributed by atoms with Gasteiger partial charge in [-0.3, -0.25) is 4.79 Å². The molecule has 0 aliphatic carbocycles. The van der Waals surface area contributed by atoms with Crippen molar-refractivity contribution in [2.24, 2.45) is 11.5 Å². The van der Waals surface area contributed by atoms with Crippen molar-refractivity contribution in [3.63, 3.8) is 0 Å². The van der Waals surface area contributed by atoms with Gasteiger partial charge in [0.05, 0.1) is 0 Å². The second-order valence-electron chi connectivity index (χ2n) is 4.67. The van der Waals surface area contributed by atoms with E-state index in [1.165, 1.54) is 12.1 Å². The molecule has 0 aromatic heterocycles. The summed E-state index contributed by atoms with van der Waals surface area (Å²) in [6, 6.07) is 13.5. The number of rotatable bonds is 5. The predicted octanol–water partition coefficient (Wildman–Crippen LogP) is 2.41. The summed E-state index contributed by atoms with van der Waals surface area (Å²) in [6.45, 7) is 0.527. The Balaban J connectivity index is 2.32. The van der Waals surface area contributed by atoms with E-state index in [2.05, 4.69) is 0 Å². The molecule has 1 unspecified atom stereocenters. The Kier molecular flexibility index (Phi) is 4.48. The molecule has 3 nitrogen and oxygen atoms in total. The van der Waals surface area contributed by atoms with Gasteiger partial charge in [-0.1, -0.05) is 24.3 Å². The van der Waals surface area contributed by atoms with Crippen molar-refractivity contribution in [2.45, 2.75) is 12.3 Å². The number of nitrogens with two attached hydrogens (primary N) is 2. The van der Waals surface area contributed by atoms with Gasteiger partial charge in [0.15, 0.2) is 0 Å². The van der Waals surface area contributed by atoms with Crippen LogP contribution in [0.15, 0.2) is 48.5 Å². The van der Waals surface area contributed by atoms with Crippen LogP contribution in [0.1, 0.15) is 33.8 Å². The van der Waals surface area contributed by atoms with Gasteiger partial charge in [-0.25, -0.2) is 4.39 Å². The molecule has 2 rings (SSSR count). The van der Waals surface area contributed by atoms with Gasteiger partial charge in [0, 0.05) is 11.5 Å². The Morgan fingerprint density at radius 3 is 1.95 bits per heavy atom. The number of amides is 1. The molecule has 1 atom stereocenters. The van der Waals surface area contributed by atoms with E-state index in [4.69, 9.17) is 11.5 Å². The zero-order valence-electron chi connectivity index (χ0n) is 11.1. The molecule has 2 aromatic rings. The van der Waals surface area contributed by atoms with Crippen molar-refractivity contribution in [1.82, 2.24) is 0 Å². The van der Waals surface area contributed by atoms with E-state index in [9.17, 15) is 9.18 Å². The van der Waals surface area contributed by atoms with E-state index < -0.39 is 5.91 Å². The maximum atomic E-state index is 13.0. The van der Waals surface area contributed by atoms with Gasteiger partial charge >= 0.3 is 0 Å². The maximum Gasteiger partial charge on any atom is 0.248 e. The smallest absolute Gasteiger partial charge is 0.248 e. The molecule has 20 heavy (non-hydrogen) atoms. The summed E-state index contributed by atoms with van der Waals surface area (Å²) in [5, 5.41) is 0. The summed E-state index contributed by atoms with van der Waals surface area (Å²) < 4.78 is 13.0. The van der Waals surface area contributed by atoms with Gasteiger partial charge in [-0.15, -0.1) is 0 Å². The lowest BCUT2D eigenvalue weighted by Crippen LogP contribution is -2.12. The van der Waals surface area contributed by atoms with Crippen LogP contribution >= 0.6 is 0 Å². The molecule has 1 amide bonds. The molecule has 0 bridgehead atoms. The molecule has 0 spiro atoms. The molecule has 0 aliphatic heterocycles. The number of benzene rings is 2. The molecule has 0 heterocycles. The number of hydrogen-bond acceptors (Lipinski definition) is 2. The average Bonchev–Trinajstić information content (AvgIpc) is 2.46. The van der Waals surface area contributed by atoms with Crippen molar-refractivity contribution in [3.8, 4) is 0 Å². The van der Waals surface area contributed by atoms with Crippen molar-refractivity contribution >= 4 is 5.91 Å². The lowest BCUT2D eigenvalue weighted by atomic mass is 9.88. The van der Waals surface area contributed by atoms with E-state index in [0.717, 1.165) is 17.5 Å². The molecule has 2 aromatic carbocycles. The first-order chi connectivity index (χ1) is 9.61. The first-order valence-corrected chi connectivity index (χ1v) is 6.47. The van der Waals surface area contributed by atoms with E-state index in [0.29, 0.717) is 12.1 Å². The Labute approximate surface area is 117 Å². The van der Waals surface area contributed by atoms with Crippen LogP contribution in [0.25, 0.3) is 0 Å². The standard InChI is InChI=1S/C16H17FN2O/c17-14-7-5-12(6-8-14)15(9-10-18)11-1-3-13(4-2-11)16(19)20/h1-8,15H,9-10,18H2,(H2,19,20). The van der Waals surface area contributed by atoms with Crippen LogP contribution in [-0.2, 0) is 0 Å². The van der Waals surface area contributed by atoms with Crippen LogP contribution in [0.2, 0.25) is 0 Å². The Morgan fingerprint density at radius 1 is 1.00 bits per heavy atom. The second kappa shape index (κ2) is 6.30. The van der Waals surface area contributed by atoms with Crippen LogP contribution in [0.3, 0.4) is 0 Å². The van der Waals surface area contributed by atoms with Crippen molar-refractivity contribution in [2.75, 3.05) is 6.54 Å². The first kappa shape index (κ1) is 14.2. The fraction of sp³-hybridized carbons (Fsp3) is 0.188. The molecular weight excluding hydrogens is 255 g/mol. The lowest BCUT2D eigenvalue weighted by molar-refractivity contribution is 0.100. The molecule has 0 radical (unpaired) electrons. The highest BCUT2D eigenvalue weighted by Gasteiger charge is 2.14. The van der Waals surface area contributed by atoms with E-state index in [1.54, 1.807) is 24.3 Å². The van der Waals surface area contributed by atoms with Gasteiger partial charge in [-0.2, -0.15) is 0 Å². The SMILES string of the molecule is NCCC(c1ccc(F)cc1)c1ccc(C(N)=O)cc1. The summed E-state index contributed by atoms with van der Waals surface area (Å²) >= 11 is 0. The van der Waals surface area contributed by atoms with Crippen LogP contribution in [0.4, 0.5) is 4.39 Å². The number of halogens is 1. The molecule has 0 saturated heterocycles. The molecule has 0 saturated carbocycles. The summed E-state index contributed by atoms with van der Waals surface area (Å²) in [5.41, 5.74) is 13.4. The molecule has 104 valence electrons. The minimum atomic E-state index is -0.450. The van der Waals surface area contributed by atoms with E-state index >= 15 is 0 Å². The van der Waals surface area contributed by atoms with E-state index in [1.807, 2.05) is 12.1 Å². The van der Waals surface area contributed by atoms with Crippen LogP contribution in [-0.4, -0.2) is 12.5 Å². The van der Waals surface area contributed by atoms with Crippen LogP contribution in [0.5, 0.6) is 0 Å². The normalized spacial score (nSPS) is 12.1. The zero-order valence-corrected chi connectivity index (χ0v) is 11.1. The van der Waals surface area contributed by atoms with Gasteiger partial charge in [0.25, 0.3) is 0 Å². The number of hydrogen-bond donors (Lipinski definition) is 2. The summed E-state index contributed by atoms with van der Waals surface area (Å²) in [7, 11) is 0. The third kappa shape index (κ3) is 3.22. The topological polar surface area (TPSA) is 69.1 Å². The highest BCUT2D eigenvalue weighted by atomic mass is 19.1. The lowest BCUT2D eigenvalue weighted by Gasteiger charge is -2.17. The Morgan fingerprint density at radius 2 is 1.50 bits per heavy atom. The van der Waals surface area contributed by atoms with Gasteiger partial charge in [-0.05, 0) is 48.4 Å². The third-order valence-corrected chi connectivity index (χ3v) is 3.33. The summed E-state index contributed by atoms with van der Waals surface area (Å²) in [4.78, 5) is 11.1. The van der Waals surface area contributed by atoms with Crippen LogP contribution in [0, 0.1) is 5.82 Å². The fourth-order valence-corrected chi connectivity index (χ4v) is 2.27. The Bertz CT molecular complexity index is 578. The molecular formula is C16H17FN2O. The van der Waals surface area contributed by atoms with Crippen LogP contribution < -0.4 is 11.5 Å². The van der Waals surface area contributed by atoms with Gasteiger partial charge < -0.3 is 11.5 Å². The summed E-state index contributed by atoms with van der Waals surface area (Å²) in [6.07, 6.45) is 0.752. The second-order valence-corrected chi connectivity index (χ2v) is 4.67. The van der Waals surface area contributed by atoms with Crippen molar-refractivity contribution < 1.29 is 9.18 Å². The average molecular weight is 272 g/mol. The third-order valence-electron chi connectivity index (χ3n) is 3.33. The largest absolute Gasteiger partial charge is 0.366 e. The quantitative estimate of drug-likeness (QED) is 0.877. The molecule has 4 N–H and O–H groups in total. The van der Waals surface area contributed by atoms with Crippen molar-refractivity contribution in [3.05, 3.63) is 71.0 Å². The van der Waals surface area contributed by atoms with Crippen molar-refractivity contribution in [1.29, 1.82) is 0 Å². The minimum Gasteiger partial charge on any atom is -0.366 e. The Hall–Kier alpha value is -2.20. The number of carbonyl (C=O) groups is 1. The molecule has 0 aliphatic rings. The predicted molar refractivity (Wildman–Crippen MR) is 76.9 cm³/mol. The first-order valence-electron chi connectivity index (χ1n) is 6.47. The fourth-order valence-electron chi connectivity index (χ4n) is 2.27. The van der Waals surface area contributed by atoms with Gasteiger partial charge in [0.1, 0.15) is 5.82 Å². The summed E-state index contributed by atoms with van der Waals surface area (Å²) in [5.74, 6) is -0.624. The molecule has 0 fully saturated rings. The number of primary amides is 1. The highest BCUT2D eigenvalue weighted by Crippen LogP contribution is 2.28. The monoisotopic (exact) mass is 272 g/mol.